The van der Waals surface area contributed by atoms with Crippen LogP contribution in [0.4, 0.5) is 0 Å². The van der Waals surface area contributed by atoms with Crippen molar-refractivity contribution in [1.29, 1.82) is 0 Å². The maximum absolute atomic E-state index is 10.0. The Balaban J connectivity index is 0.000000810. The number of carbonyl (C=O) groups excluding carboxylic acids is 1. The van der Waals surface area contributed by atoms with Crippen molar-refractivity contribution in [3.63, 3.8) is 0 Å². The molecule has 1 aromatic rings. The van der Waals surface area contributed by atoms with Crippen LogP contribution >= 0.6 is 0 Å². The van der Waals surface area contributed by atoms with Crippen molar-refractivity contribution >= 4 is 5.97 Å². The Hall–Kier alpha value is -0.783. The average molecular weight is 129 g/mol. The third-order valence-electron chi connectivity index (χ3n) is 0.897. The molecule has 0 spiro atoms. The third kappa shape index (κ3) is 2.22. The zero-order valence-electron chi connectivity index (χ0n) is 5.57. The Morgan fingerprint density at radius 1 is 1.60 bits per heavy atom. The van der Waals surface area contributed by atoms with Crippen molar-refractivity contribution in [2.24, 2.45) is 0 Å². The predicted molar refractivity (Wildman–Crippen MR) is 28.6 cm³/mol. The molecule has 0 bridgehead atoms. The minimum Gasteiger partial charge on any atom is -0.545 e. The van der Waals surface area contributed by atoms with Gasteiger partial charge in [0, 0.05) is 18.0 Å². The summed E-state index contributed by atoms with van der Waals surface area (Å²) in [5.41, 5.74) is 0.109. The molecule has 0 saturated heterocycles. The van der Waals surface area contributed by atoms with E-state index in [4.69, 9.17) is 0 Å². The summed E-state index contributed by atoms with van der Waals surface area (Å²) in [5, 5.41) is 10.0. The number of carbonyl (C=O) groups is 1. The van der Waals surface area contributed by atoms with Gasteiger partial charge in [-0.05, 0) is 6.07 Å². The number of carboxylic acids is 1. The van der Waals surface area contributed by atoms with E-state index in [1.807, 2.05) is 0 Å². The standard InChI is InChI=1S/C6H5NO2.Li/c8-6(9)5-2-1-3-7-4-5;/h1-4H,(H,8,9);/q;+1/p-1. The van der Waals surface area contributed by atoms with Crippen molar-refractivity contribution in [3.05, 3.63) is 30.1 Å². The number of aromatic carboxylic acids is 1. The number of nitrogens with zero attached hydrogens (tertiary/aromatic N) is 1. The molecule has 0 unspecified atom stereocenters. The summed E-state index contributed by atoms with van der Waals surface area (Å²) in [4.78, 5) is 13.6. The molecule has 0 aliphatic carbocycles. The van der Waals surface area contributed by atoms with Crippen molar-refractivity contribution in [2.75, 3.05) is 0 Å². The minimum atomic E-state index is -1.19. The molecule has 46 valence electrons. The summed E-state index contributed by atoms with van der Waals surface area (Å²) in [5.74, 6) is -1.19. The van der Waals surface area contributed by atoms with E-state index in [2.05, 4.69) is 4.98 Å². The fourth-order valence-corrected chi connectivity index (χ4v) is 0.484. The first-order valence-electron chi connectivity index (χ1n) is 2.42. The van der Waals surface area contributed by atoms with E-state index < -0.39 is 5.97 Å². The van der Waals surface area contributed by atoms with Gasteiger partial charge in [-0.3, -0.25) is 4.98 Å². The largest absolute Gasteiger partial charge is 1.00 e. The summed E-state index contributed by atoms with van der Waals surface area (Å²) in [6.45, 7) is 0. The van der Waals surface area contributed by atoms with E-state index >= 15 is 0 Å². The van der Waals surface area contributed by atoms with E-state index in [1.165, 1.54) is 18.5 Å². The normalized spacial score (nSPS) is 8.00. The maximum atomic E-state index is 10.0. The Morgan fingerprint density at radius 3 is 2.60 bits per heavy atom. The first kappa shape index (κ1) is 9.22. The summed E-state index contributed by atoms with van der Waals surface area (Å²) in [7, 11) is 0. The maximum Gasteiger partial charge on any atom is 1.00 e. The van der Waals surface area contributed by atoms with Gasteiger partial charge < -0.3 is 9.90 Å². The molecule has 1 aromatic heterocycles. The molecule has 0 saturated carbocycles. The molecule has 0 N–H and O–H groups in total. The summed E-state index contributed by atoms with van der Waals surface area (Å²) >= 11 is 0. The van der Waals surface area contributed by atoms with Crippen LogP contribution in [-0.2, 0) is 0 Å². The summed E-state index contributed by atoms with van der Waals surface area (Å²) in [6, 6.07) is 2.98. The molecule has 0 radical (unpaired) electrons. The van der Waals surface area contributed by atoms with Crippen LogP contribution < -0.4 is 24.0 Å². The van der Waals surface area contributed by atoms with Crippen LogP contribution in [0.1, 0.15) is 10.4 Å². The van der Waals surface area contributed by atoms with Crippen LogP contribution in [0.15, 0.2) is 24.5 Å². The van der Waals surface area contributed by atoms with Crippen molar-refractivity contribution in [2.45, 2.75) is 0 Å². The van der Waals surface area contributed by atoms with Crippen LogP contribution in [-0.4, -0.2) is 11.0 Å². The molecule has 0 aliphatic heterocycles. The predicted octanol–water partition coefficient (Wildman–Crippen LogP) is -3.55. The van der Waals surface area contributed by atoms with Crippen LogP contribution in [0.3, 0.4) is 0 Å². The van der Waals surface area contributed by atoms with Gasteiger partial charge in [0.2, 0.25) is 0 Å². The van der Waals surface area contributed by atoms with Crippen LogP contribution in [0.2, 0.25) is 0 Å². The van der Waals surface area contributed by atoms with Crippen molar-refractivity contribution in [3.8, 4) is 0 Å². The monoisotopic (exact) mass is 129 g/mol. The zero-order chi connectivity index (χ0) is 6.69. The van der Waals surface area contributed by atoms with Crippen LogP contribution in [0.25, 0.3) is 0 Å². The fourth-order valence-electron chi connectivity index (χ4n) is 0.484. The molecule has 0 fully saturated rings. The second-order valence-electron chi connectivity index (χ2n) is 1.53. The van der Waals surface area contributed by atoms with Crippen LogP contribution in [0.5, 0.6) is 0 Å². The first-order valence-corrected chi connectivity index (χ1v) is 2.42. The van der Waals surface area contributed by atoms with Gasteiger partial charge in [-0.15, -0.1) is 0 Å². The molecule has 10 heavy (non-hydrogen) atoms. The van der Waals surface area contributed by atoms with Gasteiger partial charge in [-0.25, -0.2) is 0 Å². The molecular weight excluding hydrogens is 125 g/mol. The zero-order valence-corrected chi connectivity index (χ0v) is 5.57. The molecule has 0 amide bonds. The summed E-state index contributed by atoms with van der Waals surface area (Å²) < 4.78 is 0. The molecule has 0 atom stereocenters. The SMILES string of the molecule is O=C([O-])c1cccnc1.[Li+]. The molecule has 1 rings (SSSR count). The third-order valence-corrected chi connectivity index (χ3v) is 0.897. The van der Waals surface area contributed by atoms with Crippen LogP contribution in [0, 0.1) is 0 Å². The van der Waals surface area contributed by atoms with Gasteiger partial charge in [-0.1, -0.05) is 6.07 Å². The smallest absolute Gasteiger partial charge is 0.545 e. The van der Waals surface area contributed by atoms with Gasteiger partial charge >= 0.3 is 18.9 Å². The molecule has 3 nitrogen and oxygen atoms in total. The Labute approximate surface area is 70.3 Å². The molecular formula is C6H4LiNO2. The summed E-state index contributed by atoms with van der Waals surface area (Å²) in [6.07, 6.45) is 2.75. The molecule has 4 heteroatoms. The Morgan fingerprint density at radius 2 is 2.30 bits per heavy atom. The van der Waals surface area contributed by atoms with E-state index in [0.717, 1.165) is 0 Å². The van der Waals surface area contributed by atoms with Crippen molar-refractivity contribution < 1.29 is 28.8 Å². The van der Waals surface area contributed by atoms with Gasteiger partial charge in [0.1, 0.15) is 0 Å². The minimum absolute atomic E-state index is 0. The number of aromatic nitrogens is 1. The second kappa shape index (κ2) is 4.10. The van der Waals surface area contributed by atoms with E-state index in [-0.39, 0.29) is 24.4 Å². The molecule has 1 heterocycles. The van der Waals surface area contributed by atoms with Gasteiger partial charge in [0.15, 0.2) is 0 Å². The second-order valence-corrected chi connectivity index (χ2v) is 1.53. The fraction of sp³-hybridized carbons (Fsp3) is 0. The number of carboxylic acid groups (broad SMARTS) is 1. The van der Waals surface area contributed by atoms with E-state index in [9.17, 15) is 9.90 Å². The average Bonchev–Trinajstić information content (AvgIpc) is 1.90. The number of pyridine rings is 1. The molecule has 0 aromatic carbocycles. The van der Waals surface area contributed by atoms with Gasteiger partial charge in [0.05, 0.1) is 5.97 Å². The van der Waals surface area contributed by atoms with Crippen molar-refractivity contribution in [1.82, 2.24) is 4.98 Å². The van der Waals surface area contributed by atoms with Gasteiger partial charge in [-0.2, -0.15) is 0 Å². The Bertz CT molecular complexity index is 212. The Kier molecular flexibility index (Phi) is 3.78. The molecule has 0 aliphatic rings. The van der Waals surface area contributed by atoms with Gasteiger partial charge in [0.25, 0.3) is 0 Å². The number of rotatable bonds is 1. The quantitative estimate of drug-likeness (QED) is 0.369. The number of hydrogen-bond acceptors (Lipinski definition) is 3. The van der Waals surface area contributed by atoms with E-state index in [1.54, 1.807) is 6.07 Å². The first-order chi connectivity index (χ1) is 4.30. The topological polar surface area (TPSA) is 53.0 Å². The van der Waals surface area contributed by atoms with E-state index in [0.29, 0.717) is 0 Å². The number of hydrogen-bond donors (Lipinski definition) is 0.